The molecule has 0 fully saturated rings. The van der Waals surface area contributed by atoms with E-state index in [0.717, 1.165) is 16.2 Å². The van der Waals surface area contributed by atoms with Gasteiger partial charge in [0.25, 0.3) is 11.5 Å². The summed E-state index contributed by atoms with van der Waals surface area (Å²) < 4.78 is 11.6. The zero-order chi connectivity index (χ0) is 22.4. The van der Waals surface area contributed by atoms with Crippen LogP contribution < -0.4 is 21.9 Å². The van der Waals surface area contributed by atoms with Gasteiger partial charge in [-0.2, -0.15) is 0 Å². The molecule has 0 aromatic carbocycles. The number of hydrogen-bond donors (Lipinski definition) is 2. The van der Waals surface area contributed by atoms with Crippen LogP contribution in [0, 0.1) is 5.92 Å². The Morgan fingerprint density at radius 2 is 2.03 bits per heavy atom. The highest BCUT2D eigenvalue weighted by Gasteiger charge is 2.25. The molecular weight excluding hydrogens is 436 g/mol. The van der Waals surface area contributed by atoms with Gasteiger partial charge in [0.05, 0.1) is 10.9 Å². The first-order chi connectivity index (χ1) is 14.1. The largest absolute Gasteiger partial charge is 0.451 e. The summed E-state index contributed by atoms with van der Waals surface area (Å²) in [5.74, 6) is -1.52. The second-order valence-electron chi connectivity index (χ2n) is 6.72. The number of aromatic amines is 1. The minimum atomic E-state index is -0.821. The summed E-state index contributed by atoms with van der Waals surface area (Å²) in [6, 6.07) is 3.01. The monoisotopic (exact) mass is 458 g/mol. The number of ether oxygens (including phenoxy) is 2. The molecule has 12 heteroatoms. The second-order valence-corrected chi connectivity index (χ2v) is 8.43. The highest BCUT2D eigenvalue weighted by molar-refractivity contribution is 7.17. The molecule has 0 saturated heterocycles. The summed E-state index contributed by atoms with van der Waals surface area (Å²) in [5.41, 5.74) is 4.39. The number of anilines is 2. The number of nitrogen functional groups attached to an aromatic ring is 1. The summed E-state index contributed by atoms with van der Waals surface area (Å²) >= 11 is 6.81. The number of rotatable bonds is 9. The van der Waals surface area contributed by atoms with Crippen molar-refractivity contribution in [3.05, 3.63) is 42.2 Å². The number of H-pyrrole nitrogens is 1. The van der Waals surface area contributed by atoms with Crippen LogP contribution in [0.2, 0.25) is 4.34 Å². The van der Waals surface area contributed by atoms with Crippen LogP contribution >= 0.6 is 22.9 Å². The number of methoxy groups -OCH3 is 1. The van der Waals surface area contributed by atoms with Crippen molar-refractivity contribution in [3.63, 3.8) is 0 Å². The average molecular weight is 459 g/mol. The lowest BCUT2D eigenvalue weighted by Gasteiger charge is -2.24. The van der Waals surface area contributed by atoms with Crippen LogP contribution in [0.4, 0.5) is 11.5 Å². The second kappa shape index (κ2) is 10.4. The van der Waals surface area contributed by atoms with Crippen LogP contribution in [-0.2, 0) is 20.8 Å². The van der Waals surface area contributed by atoms with Crippen molar-refractivity contribution in [2.75, 3.05) is 37.5 Å². The fraction of sp³-hybridized carbons (Fsp3) is 0.444. The smallest absolute Gasteiger partial charge is 0.348 e. The highest BCUT2D eigenvalue weighted by Crippen LogP contribution is 2.22. The summed E-state index contributed by atoms with van der Waals surface area (Å²) in [6.45, 7) is 3.41. The number of nitrogens with one attached hydrogen (secondary N) is 1. The number of carbonyl (C=O) groups excluding carboxylic acids is 2. The van der Waals surface area contributed by atoms with E-state index in [2.05, 4.69) is 4.98 Å². The fourth-order valence-electron chi connectivity index (χ4n) is 2.63. The average Bonchev–Trinajstić information content (AvgIpc) is 3.11. The highest BCUT2D eigenvalue weighted by atomic mass is 35.5. The molecule has 164 valence electrons. The Bertz CT molecular complexity index is 1030. The lowest BCUT2D eigenvalue weighted by molar-refractivity contribution is -0.121. The molecule has 2 heterocycles. The van der Waals surface area contributed by atoms with Gasteiger partial charge in [-0.25, -0.2) is 9.59 Å². The van der Waals surface area contributed by atoms with Crippen LogP contribution in [-0.4, -0.2) is 48.3 Å². The van der Waals surface area contributed by atoms with E-state index in [1.54, 1.807) is 0 Å². The molecule has 1 amide bonds. The summed E-state index contributed by atoms with van der Waals surface area (Å²) in [5, 5.41) is 0. The standard InChI is InChI=1S/C18H23ClN4O6S/c1-10(2)8-23-15(20)14(16(25)21-18(23)27)22(6-7-28-3)13(24)9-29-17(26)11-4-5-12(19)30-11/h4-5,10H,6-9,20H2,1-3H3,(H,21,25,27). The Morgan fingerprint density at radius 3 is 2.60 bits per heavy atom. The van der Waals surface area contributed by atoms with Gasteiger partial charge in [-0.15, -0.1) is 11.3 Å². The number of amides is 1. The topological polar surface area (TPSA) is 137 Å². The van der Waals surface area contributed by atoms with Crippen molar-refractivity contribution < 1.29 is 19.1 Å². The maximum absolute atomic E-state index is 12.8. The van der Waals surface area contributed by atoms with Gasteiger partial charge in [-0.05, 0) is 18.1 Å². The molecule has 2 rings (SSSR count). The van der Waals surface area contributed by atoms with Gasteiger partial charge >= 0.3 is 11.7 Å². The van der Waals surface area contributed by atoms with Gasteiger partial charge in [0.2, 0.25) is 0 Å². The summed E-state index contributed by atoms with van der Waals surface area (Å²) in [7, 11) is 1.43. The van der Waals surface area contributed by atoms with Crippen molar-refractivity contribution in [1.82, 2.24) is 9.55 Å². The van der Waals surface area contributed by atoms with Crippen LogP contribution in [0.15, 0.2) is 21.7 Å². The zero-order valence-electron chi connectivity index (χ0n) is 16.8. The van der Waals surface area contributed by atoms with Crippen LogP contribution in [0.3, 0.4) is 0 Å². The van der Waals surface area contributed by atoms with E-state index in [1.165, 1.54) is 23.8 Å². The van der Waals surface area contributed by atoms with Gasteiger partial charge in [0.1, 0.15) is 10.7 Å². The minimum absolute atomic E-state index is 0.0368. The predicted octanol–water partition coefficient (Wildman–Crippen LogP) is 1.33. The predicted molar refractivity (Wildman–Crippen MR) is 114 cm³/mol. The maximum Gasteiger partial charge on any atom is 0.348 e. The number of aromatic nitrogens is 2. The first-order valence-electron chi connectivity index (χ1n) is 9.00. The number of nitrogens with zero attached hydrogens (tertiary/aromatic N) is 2. The Labute approximate surface area is 181 Å². The van der Waals surface area contributed by atoms with E-state index in [4.69, 9.17) is 26.8 Å². The fourth-order valence-corrected chi connectivity index (χ4v) is 3.57. The van der Waals surface area contributed by atoms with E-state index in [1.807, 2.05) is 13.8 Å². The molecule has 3 N–H and O–H groups in total. The van der Waals surface area contributed by atoms with Gasteiger partial charge in [-0.3, -0.25) is 24.0 Å². The molecule has 0 spiro atoms. The normalized spacial score (nSPS) is 11.0. The third-order valence-electron chi connectivity index (χ3n) is 3.95. The zero-order valence-corrected chi connectivity index (χ0v) is 18.3. The molecule has 0 bridgehead atoms. The molecule has 0 aliphatic carbocycles. The van der Waals surface area contributed by atoms with Crippen molar-refractivity contribution in [1.29, 1.82) is 0 Å². The quantitative estimate of drug-likeness (QED) is 0.540. The third kappa shape index (κ3) is 5.71. The number of thiophene rings is 1. The third-order valence-corrected chi connectivity index (χ3v) is 5.16. The summed E-state index contributed by atoms with van der Waals surface area (Å²) in [4.78, 5) is 52.9. The lowest BCUT2D eigenvalue weighted by Crippen LogP contribution is -2.44. The SMILES string of the molecule is COCCN(C(=O)COC(=O)c1ccc(Cl)s1)c1c(N)n(CC(C)C)c(=O)[nH]c1=O. The lowest BCUT2D eigenvalue weighted by atomic mass is 10.2. The number of esters is 1. The minimum Gasteiger partial charge on any atom is -0.451 e. The van der Waals surface area contributed by atoms with Crippen LogP contribution in [0.25, 0.3) is 0 Å². The summed E-state index contributed by atoms with van der Waals surface area (Å²) in [6.07, 6.45) is 0. The molecule has 30 heavy (non-hydrogen) atoms. The van der Waals surface area contributed by atoms with E-state index < -0.39 is 29.7 Å². The number of carbonyl (C=O) groups is 2. The van der Waals surface area contributed by atoms with Crippen molar-refractivity contribution >= 4 is 46.3 Å². The Balaban J connectivity index is 2.32. The first-order valence-corrected chi connectivity index (χ1v) is 10.2. The number of halogens is 1. The number of hydrogen-bond acceptors (Lipinski definition) is 8. The van der Waals surface area contributed by atoms with Gasteiger partial charge in [0, 0.05) is 20.2 Å². The molecule has 0 atom stereocenters. The van der Waals surface area contributed by atoms with E-state index >= 15 is 0 Å². The van der Waals surface area contributed by atoms with Gasteiger partial charge in [-0.1, -0.05) is 25.4 Å². The molecule has 10 nitrogen and oxygen atoms in total. The van der Waals surface area contributed by atoms with Crippen molar-refractivity contribution in [2.24, 2.45) is 5.92 Å². The molecule has 2 aromatic rings. The van der Waals surface area contributed by atoms with Crippen molar-refractivity contribution in [3.8, 4) is 0 Å². The molecule has 0 aliphatic rings. The van der Waals surface area contributed by atoms with E-state index in [-0.39, 0.29) is 42.0 Å². The molecule has 0 radical (unpaired) electrons. The number of nitrogens with two attached hydrogens (primary N) is 1. The molecule has 0 saturated carbocycles. The Kier molecular flexibility index (Phi) is 8.21. The van der Waals surface area contributed by atoms with Crippen LogP contribution in [0.5, 0.6) is 0 Å². The molecular formula is C18H23ClN4O6S. The van der Waals surface area contributed by atoms with Crippen molar-refractivity contribution in [2.45, 2.75) is 20.4 Å². The van der Waals surface area contributed by atoms with Gasteiger partial charge < -0.3 is 15.2 Å². The molecule has 0 unspecified atom stereocenters. The molecule has 2 aromatic heterocycles. The van der Waals surface area contributed by atoms with E-state index in [9.17, 15) is 19.2 Å². The maximum atomic E-state index is 12.8. The first kappa shape index (κ1) is 23.6. The van der Waals surface area contributed by atoms with Gasteiger partial charge in [0.15, 0.2) is 12.3 Å². The van der Waals surface area contributed by atoms with E-state index in [0.29, 0.717) is 4.34 Å². The Morgan fingerprint density at radius 1 is 1.33 bits per heavy atom. The molecule has 0 aliphatic heterocycles. The van der Waals surface area contributed by atoms with Crippen LogP contribution in [0.1, 0.15) is 23.5 Å². The Hall–Kier alpha value is -2.63.